The summed E-state index contributed by atoms with van der Waals surface area (Å²) in [6.07, 6.45) is -5.52. The first-order valence-electron chi connectivity index (χ1n) is 9.54. The zero-order valence-corrected chi connectivity index (χ0v) is 18.6. The number of hydrogen-bond acceptors (Lipinski definition) is 5. The van der Waals surface area contributed by atoms with Crippen molar-refractivity contribution in [1.82, 2.24) is 14.5 Å². The maximum atomic E-state index is 13.3. The first-order chi connectivity index (χ1) is 15.0. The lowest BCUT2D eigenvalue weighted by Gasteiger charge is -2.36. The van der Waals surface area contributed by atoms with Crippen molar-refractivity contribution in [2.75, 3.05) is 19.0 Å². The summed E-state index contributed by atoms with van der Waals surface area (Å²) in [5.41, 5.74) is 0.641. The lowest BCUT2D eigenvalue weighted by Crippen LogP contribution is -2.48. The van der Waals surface area contributed by atoms with Gasteiger partial charge in [0, 0.05) is 18.6 Å². The van der Waals surface area contributed by atoms with Gasteiger partial charge in [-0.3, -0.25) is 9.47 Å². The molecule has 0 bridgehead atoms. The summed E-state index contributed by atoms with van der Waals surface area (Å²) in [6.45, 7) is 0.700. The van der Waals surface area contributed by atoms with E-state index in [2.05, 4.69) is 4.98 Å². The molecule has 6 nitrogen and oxygen atoms in total. The van der Waals surface area contributed by atoms with Crippen molar-refractivity contribution < 1.29 is 23.0 Å². The number of ether oxygens (including phenoxy) is 1. The minimum atomic E-state index is -4.62. The van der Waals surface area contributed by atoms with Crippen molar-refractivity contribution >= 4 is 29.0 Å². The molecule has 1 aliphatic rings. The van der Waals surface area contributed by atoms with Crippen LogP contribution in [0.1, 0.15) is 16.8 Å². The Morgan fingerprint density at radius 3 is 2.47 bits per heavy atom. The summed E-state index contributed by atoms with van der Waals surface area (Å²) in [5.74, 6) is 0.419. The van der Waals surface area contributed by atoms with E-state index < -0.39 is 23.1 Å². The van der Waals surface area contributed by atoms with E-state index in [1.165, 1.54) is 6.07 Å². The third-order valence-corrected chi connectivity index (χ3v) is 5.78. The normalized spacial score (nSPS) is 16.9. The lowest BCUT2D eigenvalue weighted by atomic mass is 10.2. The number of benzene rings is 2. The average molecular weight is 487 g/mol. The minimum absolute atomic E-state index is 0.0574. The Bertz CT molecular complexity index is 1140. The van der Waals surface area contributed by atoms with Crippen LogP contribution in [0.15, 0.2) is 42.5 Å². The molecule has 11 heteroatoms. The van der Waals surface area contributed by atoms with Crippen molar-refractivity contribution in [2.24, 2.45) is 0 Å². The molecule has 2 aromatic carbocycles. The predicted molar refractivity (Wildman–Crippen MR) is 115 cm³/mol. The van der Waals surface area contributed by atoms with E-state index in [1.807, 2.05) is 12.1 Å². The van der Waals surface area contributed by atoms with Gasteiger partial charge >= 0.3 is 12.2 Å². The zero-order valence-electron chi connectivity index (χ0n) is 17.1. The maximum absolute atomic E-state index is 13.3. The molecule has 32 heavy (non-hydrogen) atoms. The molecular formula is C21H19Cl2F3N4O2. The van der Waals surface area contributed by atoms with Gasteiger partial charge in [-0.15, -0.1) is 0 Å². The molecular weight excluding hydrogens is 468 g/mol. The van der Waals surface area contributed by atoms with E-state index in [9.17, 15) is 18.3 Å². The first-order valence-corrected chi connectivity index (χ1v) is 10.3. The smallest absolute Gasteiger partial charge is 0.417 e. The highest BCUT2D eigenvalue weighted by Gasteiger charge is 2.35. The Labute approximate surface area is 192 Å². The fraction of sp³-hybridized carbons (Fsp3) is 0.286. The van der Waals surface area contributed by atoms with E-state index in [4.69, 9.17) is 27.9 Å². The van der Waals surface area contributed by atoms with Gasteiger partial charge < -0.3 is 14.7 Å². The van der Waals surface area contributed by atoms with E-state index in [-0.39, 0.29) is 11.8 Å². The molecule has 0 fully saturated rings. The van der Waals surface area contributed by atoms with Gasteiger partial charge in [-0.05, 0) is 42.9 Å². The molecule has 4 rings (SSSR count). The summed E-state index contributed by atoms with van der Waals surface area (Å²) in [5, 5.41) is 10.5. The Hall–Kier alpha value is -2.46. The third kappa shape index (κ3) is 4.38. The summed E-state index contributed by atoms with van der Waals surface area (Å²) in [7, 11) is 3.42. The Morgan fingerprint density at radius 2 is 1.81 bits per heavy atom. The summed E-state index contributed by atoms with van der Waals surface area (Å²) >= 11 is 11.7. The second-order valence-corrected chi connectivity index (χ2v) is 8.33. The van der Waals surface area contributed by atoms with Crippen LogP contribution in [-0.2, 0) is 19.3 Å². The molecule has 1 unspecified atom stereocenters. The minimum Gasteiger partial charge on any atom is -0.425 e. The molecule has 1 aliphatic heterocycles. The monoisotopic (exact) mass is 486 g/mol. The quantitative estimate of drug-likeness (QED) is 0.548. The molecule has 0 saturated carbocycles. The van der Waals surface area contributed by atoms with E-state index >= 15 is 0 Å². The van der Waals surface area contributed by atoms with Crippen LogP contribution in [0.3, 0.4) is 0 Å². The number of rotatable bonds is 4. The van der Waals surface area contributed by atoms with Crippen molar-refractivity contribution in [1.29, 1.82) is 0 Å². The zero-order chi connectivity index (χ0) is 23.2. The van der Waals surface area contributed by atoms with Crippen LogP contribution in [-0.4, -0.2) is 40.0 Å². The first kappa shape index (κ1) is 22.7. The van der Waals surface area contributed by atoms with Gasteiger partial charge in [0.25, 0.3) is 0 Å². The molecule has 0 amide bonds. The van der Waals surface area contributed by atoms with Gasteiger partial charge in [-0.1, -0.05) is 35.3 Å². The van der Waals surface area contributed by atoms with Gasteiger partial charge in [0.15, 0.2) is 12.2 Å². The van der Waals surface area contributed by atoms with Crippen molar-refractivity contribution in [3.63, 3.8) is 0 Å². The van der Waals surface area contributed by atoms with Crippen LogP contribution in [0.25, 0.3) is 0 Å². The Kier molecular flexibility index (Phi) is 6.02. The van der Waals surface area contributed by atoms with Crippen LogP contribution in [0.2, 0.25) is 10.0 Å². The standard InChI is InChI=1S/C21H19Cl2F3N4O2/c1-28-11-17-18(29(2)20(28)31)27-19(30(17)10-12-3-5-13(22)6-4-12)32-14-7-8-16(23)15(9-14)21(24,25)26/h3-9,20,31H,10-11H2,1-2H3. The van der Waals surface area contributed by atoms with E-state index in [0.29, 0.717) is 23.9 Å². The van der Waals surface area contributed by atoms with Gasteiger partial charge in [0.2, 0.25) is 0 Å². The SMILES string of the molecule is CN1Cc2c(nc(Oc3ccc(Cl)c(C(F)(F)F)c3)n2Cc2ccc(Cl)cc2)N(C)C1O. The number of imidazole rings is 1. The molecule has 0 saturated heterocycles. The summed E-state index contributed by atoms with van der Waals surface area (Å²) in [6, 6.07) is 10.6. The molecule has 0 aliphatic carbocycles. The third-order valence-electron chi connectivity index (χ3n) is 5.20. The second kappa shape index (κ2) is 8.47. The lowest BCUT2D eigenvalue weighted by molar-refractivity contribution is -0.137. The second-order valence-electron chi connectivity index (χ2n) is 7.49. The number of nitrogens with zero attached hydrogens (tertiary/aromatic N) is 4. The van der Waals surface area contributed by atoms with Gasteiger partial charge in [0.05, 0.1) is 22.8 Å². The van der Waals surface area contributed by atoms with Crippen molar-refractivity contribution in [3.05, 3.63) is 69.3 Å². The number of halogens is 5. The predicted octanol–water partition coefficient (Wildman–Crippen LogP) is 5.21. The fourth-order valence-corrected chi connectivity index (χ4v) is 3.87. The number of aromatic nitrogens is 2. The number of fused-ring (bicyclic) bond motifs is 1. The van der Waals surface area contributed by atoms with Gasteiger partial charge in [-0.2, -0.15) is 18.2 Å². The average Bonchev–Trinajstić information content (AvgIpc) is 3.05. The molecule has 1 N–H and O–H groups in total. The van der Waals surface area contributed by atoms with Crippen molar-refractivity contribution in [2.45, 2.75) is 25.6 Å². The molecule has 0 spiro atoms. The van der Waals surface area contributed by atoms with E-state index in [0.717, 1.165) is 23.4 Å². The number of aliphatic hydroxyl groups excluding tert-OH is 1. The van der Waals surface area contributed by atoms with Crippen LogP contribution >= 0.6 is 23.2 Å². The number of aliphatic hydroxyl groups is 1. The summed E-state index contributed by atoms with van der Waals surface area (Å²) < 4.78 is 47.4. The van der Waals surface area contributed by atoms with Crippen LogP contribution < -0.4 is 9.64 Å². The maximum Gasteiger partial charge on any atom is 0.417 e. The van der Waals surface area contributed by atoms with Crippen molar-refractivity contribution in [3.8, 4) is 11.8 Å². The van der Waals surface area contributed by atoms with E-state index in [1.54, 1.807) is 40.6 Å². The van der Waals surface area contributed by atoms with Crippen LogP contribution in [0, 0.1) is 0 Å². The van der Waals surface area contributed by atoms with Crippen LogP contribution in [0.4, 0.5) is 19.0 Å². The highest BCUT2D eigenvalue weighted by atomic mass is 35.5. The molecule has 3 aromatic rings. The topological polar surface area (TPSA) is 53.8 Å². The Morgan fingerprint density at radius 1 is 1.12 bits per heavy atom. The fourth-order valence-electron chi connectivity index (χ4n) is 3.52. The Balaban J connectivity index is 1.77. The van der Waals surface area contributed by atoms with Gasteiger partial charge in [-0.25, -0.2) is 0 Å². The molecule has 0 radical (unpaired) electrons. The number of hydrogen-bond donors (Lipinski definition) is 1. The highest BCUT2D eigenvalue weighted by Crippen LogP contribution is 2.39. The van der Waals surface area contributed by atoms with Gasteiger partial charge in [0.1, 0.15) is 5.75 Å². The number of alkyl halides is 3. The molecule has 2 heterocycles. The van der Waals surface area contributed by atoms with Crippen LogP contribution in [0.5, 0.6) is 11.8 Å². The molecule has 1 aromatic heterocycles. The molecule has 1 atom stereocenters. The molecule has 170 valence electrons. The largest absolute Gasteiger partial charge is 0.425 e. The highest BCUT2D eigenvalue weighted by molar-refractivity contribution is 6.31. The number of anilines is 1. The summed E-state index contributed by atoms with van der Waals surface area (Å²) in [4.78, 5) is 7.75.